The molecule has 1 aliphatic heterocycles. The number of rotatable bonds is 0. The molecule has 18 heavy (non-hydrogen) atoms. The van der Waals surface area contributed by atoms with Crippen LogP contribution in [0.2, 0.25) is 0 Å². The molecular formula is C14H12O3S. The Labute approximate surface area is 106 Å². The van der Waals surface area contributed by atoms with Crippen LogP contribution in [0.5, 0.6) is 5.75 Å². The van der Waals surface area contributed by atoms with Crippen LogP contribution in [0.15, 0.2) is 41.3 Å². The third-order valence-corrected chi connectivity index (χ3v) is 4.90. The van der Waals surface area contributed by atoms with Crippen LogP contribution in [0.4, 0.5) is 0 Å². The van der Waals surface area contributed by atoms with E-state index in [4.69, 9.17) is 0 Å². The molecule has 1 N–H and O–H groups in total. The zero-order valence-corrected chi connectivity index (χ0v) is 10.7. The molecule has 2 aromatic carbocycles. The standard InChI is InChI=1S/C14H12O3S/c1-9-2-4-12-10(6-9)8-18(16,17)14-7-11(15)3-5-13(12)14/h2-7,15H,8H2,1H3. The Kier molecular flexibility index (Phi) is 2.25. The first-order valence-electron chi connectivity index (χ1n) is 5.63. The average molecular weight is 260 g/mol. The Bertz CT molecular complexity index is 746. The molecule has 3 nitrogen and oxygen atoms in total. The van der Waals surface area contributed by atoms with E-state index in [1.54, 1.807) is 6.07 Å². The van der Waals surface area contributed by atoms with E-state index in [1.807, 2.05) is 25.1 Å². The lowest BCUT2D eigenvalue weighted by molar-refractivity contribution is 0.473. The maximum Gasteiger partial charge on any atom is 0.183 e. The monoisotopic (exact) mass is 260 g/mol. The molecule has 0 unspecified atom stereocenters. The lowest BCUT2D eigenvalue weighted by Crippen LogP contribution is -2.12. The van der Waals surface area contributed by atoms with Gasteiger partial charge in [0.25, 0.3) is 0 Å². The maximum atomic E-state index is 12.2. The molecule has 4 heteroatoms. The predicted molar refractivity (Wildman–Crippen MR) is 69.2 cm³/mol. The van der Waals surface area contributed by atoms with E-state index in [1.165, 1.54) is 12.1 Å². The Morgan fingerprint density at radius 2 is 1.78 bits per heavy atom. The second kappa shape index (κ2) is 3.59. The minimum absolute atomic E-state index is 0.000463. The quantitative estimate of drug-likeness (QED) is 0.792. The molecule has 0 saturated carbocycles. The third-order valence-electron chi connectivity index (χ3n) is 3.20. The first kappa shape index (κ1) is 11.3. The summed E-state index contributed by atoms with van der Waals surface area (Å²) in [6.45, 7) is 1.94. The zero-order chi connectivity index (χ0) is 12.9. The minimum Gasteiger partial charge on any atom is -0.508 e. The van der Waals surface area contributed by atoms with Gasteiger partial charge < -0.3 is 5.11 Å². The molecule has 0 amide bonds. The van der Waals surface area contributed by atoms with E-state index in [-0.39, 0.29) is 16.4 Å². The molecule has 0 atom stereocenters. The molecule has 0 bridgehead atoms. The first-order chi connectivity index (χ1) is 8.47. The number of sulfone groups is 1. The molecule has 2 aromatic rings. The van der Waals surface area contributed by atoms with Crippen LogP contribution in [-0.2, 0) is 15.6 Å². The fraction of sp³-hybridized carbons (Fsp3) is 0.143. The van der Waals surface area contributed by atoms with E-state index in [9.17, 15) is 13.5 Å². The molecule has 0 saturated heterocycles. The summed E-state index contributed by atoms with van der Waals surface area (Å²) in [5, 5.41) is 9.45. The molecule has 1 heterocycles. The van der Waals surface area contributed by atoms with Crippen LogP contribution >= 0.6 is 0 Å². The highest BCUT2D eigenvalue weighted by Gasteiger charge is 2.28. The molecule has 0 spiro atoms. The van der Waals surface area contributed by atoms with Gasteiger partial charge in [-0.2, -0.15) is 0 Å². The third kappa shape index (κ3) is 1.61. The number of fused-ring (bicyclic) bond motifs is 3. The summed E-state index contributed by atoms with van der Waals surface area (Å²) >= 11 is 0. The van der Waals surface area contributed by atoms with Crippen molar-refractivity contribution in [2.24, 2.45) is 0 Å². The fourth-order valence-electron chi connectivity index (χ4n) is 2.38. The van der Waals surface area contributed by atoms with Gasteiger partial charge in [-0.1, -0.05) is 23.8 Å². The van der Waals surface area contributed by atoms with Crippen molar-refractivity contribution in [2.75, 3.05) is 0 Å². The van der Waals surface area contributed by atoms with E-state index in [0.717, 1.165) is 16.7 Å². The van der Waals surface area contributed by atoms with Crippen molar-refractivity contribution in [3.05, 3.63) is 47.5 Å². The van der Waals surface area contributed by atoms with Gasteiger partial charge in [0.1, 0.15) is 5.75 Å². The minimum atomic E-state index is -3.35. The van der Waals surface area contributed by atoms with E-state index in [2.05, 4.69) is 0 Å². The summed E-state index contributed by atoms with van der Waals surface area (Å²) in [7, 11) is -3.35. The van der Waals surface area contributed by atoms with Crippen molar-refractivity contribution in [1.29, 1.82) is 0 Å². The summed E-state index contributed by atoms with van der Waals surface area (Å²) in [4.78, 5) is 0.221. The highest BCUT2D eigenvalue weighted by Crippen LogP contribution is 2.39. The van der Waals surface area contributed by atoms with Crippen LogP contribution in [0.1, 0.15) is 11.1 Å². The van der Waals surface area contributed by atoms with Crippen molar-refractivity contribution in [3.8, 4) is 16.9 Å². The van der Waals surface area contributed by atoms with Crippen molar-refractivity contribution in [2.45, 2.75) is 17.6 Å². The maximum absolute atomic E-state index is 12.2. The molecule has 0 aliphatic carbocycles. The zero-order valence-electron chi connectivity index (χ0n) is 9.84. The smallest absolute Gasteiger partial charge is 0.183 e. The van der Waals surface area contributed by atoms with Crippen molar-refractivity contribution < 1.29 is 13.5 Å². The van der Waals surface area contributed by atoms with Crippen LogP contribution < -0.4 is 0 Å². The summed E-state index contributed by atoms with van der Waals surface area (Å²) < 4.78 is 24.4. The molecule has 0 aromatic heterocycles. The van der Waals surface area contributed by atoms with Crippen molar-refractivity contribution in [3.63, 3.8) is 0 Å². The molecule has 3 rings (SSSR count). The van der Waals surface area contributed by atoms with Gasteiger partial charge >= 0.3 is 0 Å². The van der Waals surface area contributed by atoms with Gasteiger partial charge in [-0.15, -0.1) is 0 Å². The van der Waals surface area contributed by atoms with E-state index >= 15 is 0 Å². The lowest BCUT2D eigenvalue weighted by Gasteiger charge is -2.20. The van der Waals surface area contributed by atoms with Gasteiger partial charge in [0.15, 0.2) is 9.84 Å². The van der Waals surface area contributed by atoms with Gasteiger partial charge in [0, 0.05) is 5.56 Å². The average Bonchev–Trinajstić information content (AvgIpc) is 2.28. The van der Waals surface area contributed by atoms with Crippen LogP contribution in [0.3, 0.4) is 0 Å². The molecular weight excluding hydrogens is 248 g/mol. The summed E-state index contributed by atoms with van der Waals surface area (Å²) in [5.41, 5.74) is 3.49. The Morgan fingerprint density at radius 1 is 1.06 bits per heavy atom. The van der Waals surface area contributed by atoms with Gasteiger partial charge in [0.05, 0.1) is 10.6 Å². The molecule has 1 aliphatic rings. The van der Waals surface area contributed by atoms with Crippen molar-refractivity contribution >= 4 is 9.84 Å². The number of hydrogen-bond acceptors (Lipinski definition) is 3. The highest BCUT2D eigenvalue weighted by atomic mass is 32.2. The molecule has 0 radical (unpaired) electrons. The topological polar surface area (TPSA) is 54.4 Å². The number of phenols is 1. The van der Waals surface area contributed by atoms with Crippen LogP contribution in [0.25, 0.3) is 11.1 Å². The molecule has 0 fully saturated rings. The number of benzene rings is 2. The van der Waals surface area contributed by atoms with E-state index < -0.39 is 9.84 Å². The van der Waals surface area contributed by atoms with Gasteiger partial charge in [-0.3, -0.25) is 0 Å². The summed E-state index contributed by atoms with van der Waals surface area (Å²) in [6, 6.07) is 10.3. The number of aryl methyl sites for hydroxylation is 1. The van der Waals surface area contributed by atoms with E-state index in [0.29, 0.717) is 5.56 Å². The number of hydrogen-bond donors (Lipinski definition) is 1. The van der Waals surface area contributed by atoms with Gasteiger partial charge in [-0.05, 0) is 36.2 Å². The largest absolute Gasteiger partial charge is 0.508 e. The SMILES string of the molecule is Cc1ccc2c(c1)CS(=O)(=O)c1cc(O)ccc1-2. The summed E-state index contributed by atoms with van der Waals surface area (Å²) in [5.74, 6) is -0.0200. The number of aromatic hydroxyl groups is 1. The summed E-state index contributed by atoms with van der Waals surface area (Å²) in [6.07, 6.45) is 0. The van der Waals surface area contributed by atoms with Crippen LogP contribution in [-0.4, -0.2) is 13.5 Å². The highest BCUT2D eigenvalue weighted by molar-refractivity contribution is 7.90. The Morgan fingerprint density at radius 3 is 2.56 bits per heavy atom. The lowest BCUT2D eigenvalue weighted by atomic mass is 9.98. The second-order valence-electron chi connectivity index (χ2n) is 4.60. The van der Waals surface area contributed by atoms with Gasteiger partial charge in [-0.25, -0.2) is 8.42 Å². The second-order valence-corrected chi connectivity index (χ2v) is 6.56. The Balaban J connectivity index is 2.39. The molecule has 92 valence electrons. The van der Waals surface area contributed by atoms with Crippen LogP contribution in [0, 0.1) is 6.92 Å². The Hall–Kier alpha value is -1.81. The normalized spacial score (nSPS) is 15.8. The first-order valence-corrected chi connectivity index (χ1v) is 7.28. The fourth-order valence-corrected chi connectivity index (χ4v) is 4.00. The predicted octanol–water partition coefficient (Wildman–Crippen LogP) is 2.65. The van der Waals surface area contributed by atoms with Gasteiger partial charge in [0.2, 0.25) is 0 Å². The number of phenolic OH excluding ortho intramolecular Hbond substituents is 1. The van der Waals surface area contributed by atoms with Crippen molar-refractivity contribution in [1.82, 2.24) is 0 Å².